The van der Waals surface area contributed by atoms with Crippen LogP contribution in [0.2, 0.25) is 0 Å². The summed E-state index contributed by atoms with van der Waals surface area (Å²) in [6, 6.07) is 0. The molecule has 0 aliphatic rings. The fourth-order valence-corrected chi connectivity index (χ4v) is 2.52. The first kappa shape index (κ1) is 24.2. The highest BCUT2D eigenvalue weighted by molar-refractivity contribution is 9.09. The number of nitrogens with zero attached hydrogens (tertiary/aromatic N) is 2. The molecule has 0 saturated heterocycles. The molecule has 0 amide bonds. The summed E-state index contributed by atoms with van der Waals surface area (Å²) in [5, 5.41) is 3.49. The second-order valence-corrected chi connectivity index (χ2v) is 6.68. The van der Waals surface area contributed by atoms with Gasteiger partial charge in [0.2, 0.25) is 0 Å². The predicted octanol–water partition coefficient (Wildman–Crippen LogP) is 2.78. The third kappa shape index (κ3) is 10.6. The average Bonchev–Trinajstić information content (AvgIpc) is 2.41. The molecule has 0 aliphatic heterocycles. The molecule has 0 radical (unpaired) electrons. The third-order valence-electron chi connectivity index (χ3n) is 3.15. The van der Waals surface area contributed by atoms with Gasteiger partial charge in [-0.1, -0.05) is 15.9 Å². The number of rotatable bonds is 8. The molecular weight excluding hydrogens is 409 g/mol. The van der Waals surface area contributed by atoms with Crippen LogP contribution in [0.3, 0.4) is 0 Å². The molecule has 0 saturated carbocycles. The van der Waals surface area contributed by atoms with Crippen LogP contribution in [0, 0.1) is 0 Å². The highest BCUT2D eigenvalue weighted by Crippen LogP contribution is 2.20. The molecule has 0 aromatic carbocycles. The summed E-state index contributed by atoms with van der Waals surface area (Å²) in [7, 11) is -6.09. The van der Waals surface area contributed by atoms with Crippen molar-refractivity contribution in [2.45, 2.75) is 25.8 Å². The Hall–Kier alpha value is -0.0600. The van der Waals surface area contributed by atoms with Gasteiger partial charge < -0.3 is 9.04 Å². The average molecular weight is 429 g/mol. The van der Waals surface area contributed by atoms with Gasteiger partial charge in [0.25, 0.3) is 0 Å². The molecular formula is C11H20BrF3N2O3S2. The number of alkyl halides is 4. The zero-order valence-electron chi connectivity index (χ0n) is 12.4. The number of quaternary nitrogens is 1. The van der Waals surface area contributed by atoms with E-state index in [-0.39, 0.29) is 0 Å². The van der Waals surface area contributed by atoms with Crippen molar-refractivity contribution in [1.29, 1.82) is 0 Å². The van der Waals surface area contributed by atoms with E-state index in [1.54, 1.807) is 0 Å². The number of thiocarbonyl (C=S) groups is 1. The van der Waals surface area contributed by atoms with E-state index in [1.807, 2.05) is 0 Å². The van der Waals surface area contributed by atoms with Crippen molar-refractivity contribution in [3.8, 4) is 0 Å². The van der Waals surface area contributed by atoms with Gasteiger partial charge in [-0.05, 0) is 26.1 Å². The molecule has 0 rings (SSSR count). The first-order valence-corrected chi connectivity index (χ1v) is 9.40. The molecule has 0 unspecified atom stereocenters. The molecule has 11 heteroatoms. The zero-order valence-corrected chi connectivity index (χ0v) is 15.6. The van der Waals surface area contributed by atoms with Gasteiger partial charge in [0.15, 0.2) is 10.1 Å². The van der Waals surface area contributed by atoms with Crippen LogP contribution in [0.5, 0.6) is 0 Å². The molecule has 0 heterocycles. The Bertz CT molecular complexity index is 448. The molecule has 0 spiro atoms. The topological polar surface area (TPSA) is 69.6 Å². The molecule has 0 aromatic heterocycles. The first-order chi connectivity index (χ1) is 9.99. The molecule has 132 valence electrons. The molecule has 22 heavy (non-hydrogen) atoms. The maximum Gasteiger partial charge on any atom is 0.485 e. The van der Waals surface area contributed by atoms with Gasteiger partial charge in [0, 0.05) is 6.42 Å². The van der Waals surface area contributed by atoms with Crippen molar-refractivity contribution < 1.29 is 30.6 Å². The fraction of sp³-hybridized carbons (Fsp3) is 0.909. The third-order valence-corrected chi connectivity index (χ3v) is 4.20. The lowest BCUT2D eigenvalue weighted by molar-refractivity contribution is -0.922. The summed E-state index contributed by atoms with van der Waals surface area (Å²) in [5.74, 6) is 0. The first-order valence-electron chi connectivity index (χ1n) is 6.46. The smallest absolute Gasteiger partial charge is 0.485 e. The minimum atomic E-state index is -6.09. The Morgan fingerprint density at radius 1 is 1.27 bits per heavy atom. The number of aliphatic imine (C=N–C) groups is 1. The Morgan fingerprint density at radius 3 is 2.00 bits per heavy atom. The van der Waals surface area contributed by atoms with Crippen LogP contribution in [0.25, 0.3) is 0 Å². The zero-order chi connectivity index (χ0) is 17.9. The van der Waals surface area contributed by atoms with E-state index < -0.39 is 15.6 Å². The Kier molecular flexibility index (Phi) is 12.6. The Morgan fingerprint density at radius 2 is 1.73 bits per heavy atom. The second kappa shape index (κ2) is 11.5. The van der Waals surface area contributed by atoms with Crippen LogP contribution in [0.1, 0.15) is 20.3 Å². The summed E-state index contributed by atoms with van der Waals surface area (Å²) in [4.78, 5) is 3.95. The quantitative estimate of drug-likeness (QED) is 0.113. The summed E-state index contributed by atoms with van der Waals surface area (Å²) in [6.07, 6.45) is 1.11. The van der Waals surface area contributed by atoms with E-state index in [2.05, 4.69) is 52.1 Å². The van der Waals surface area contributed by atoms with Crippen LogP contribution in [0.15, 0.2) is 4.99 Å². The molecule has 0 aliphatic carbocycles. The van der Waals surface area contributed by atoms with E-state index in [1.165, 1.54) is 30.7 Å². The summed E-state index contributed by atoms with van der Waals surface area (Å²) in [6.45, 7) is 10.1. The van der Waals surface area contributed by atoms with Crippen molar-refractivity contribution in [2.75, 3.05) is 38.1 Å². The van der Waals surface area contributed by atoms with Gasteiger partial charge in [-0.3, -0.25) is 0 Å². The standard InChI is InChI=1S/C10H20BrN2S.CHF3O3S/c1-3-13(4-2,9-6-11)8-5-7-12-10-14;2-1(3,4)8(5,6)7/h3-9H2,1-2H3;(H,5,6,7)/q+1;/p-1. The lowest BCUT2D eigenvalue weighted by Gasteiger charge is -2.36. The van der Waals surface area contributed by atoms with Gasteiger partial charge in [-0.2, -0.15) is 13.2 Å². The highest BCUT2D eigenvalue weighted by atomic mass is 79.9. The van der Waals surface area contributed by atoms with Crippen LogP contribution < -0.4 is 0 Å². The normalized spacial score (nSPS) is 12.1. The summed E-state index contributed by atoms with van der Waals surface area (Å²) < 4.78 is 60.1. The Balaban J connectivity index is 0. The van der Waals surface area contributed by atoms with Crippen LogP contribution in [0.4, 0.5) is 13.2 Å². The minimum Gasteiger partial charge on any atom is -0.741 e. The second-order valence-electron chi connectivity index (χ2n) is 4.34. The van der Waals surface area contributed by atoms with Gasteiger partial charge in [0.1, 0.15) is 0 Å². The van der Waals surface area contributed by atoms with Gasteiger partial charge >= 0.3 is 5.51 Å². The van der Waals surface area contributed by atoms with E-state index in [9.17, 15) is 13.2 Å². The lowest BCUT2D eigenvalue weighted by Crippen LogP contribution is -2.49. The maximum atomic E-state index is 10.7. The van der Waals surface area contributed by atoms with Crippen molar-refractivity contribution in [1.82, 2.24) is 0 Å². The van der Waals surface area contributed by atoms with E-state index >= 15 is 0 Å². The van der Waals surface area contributed by atoms with E-state index in [4.69, 9.17) is 13.0 Å². The van der Waals surface area contributed by atoms with Gasteiger partial charge in [-0.15, -0.1) is 0 Å². The van der Waals surface area contributed by atoms with E-state index in [0.29, 0.717) is 0 Å². The number of isothiocyanates is 1. The van der Waals surface area contributed by atoms with Crippen molar-refractivity contribution in [3.05, 3.63) is 0 Å². The molecule has 0 bridgehead atoms. The maximum absolute atomic E-state index is 10.7. The van der Waals surface area contributed by atoms with Crippen molar-refractivity contribution in [2.24, 2.45) is 4.99 Å². The van der Waals surface area contributed by atoms with E-state index in [0.717, 1.165) is 18.3 Å². The molecule has 0 N–H and O–H groups in total. The minimum absolute atomic E-state index is 0.825. The largest absolute Gasteiger partial charge is 0.741 e. The SMILES string of the molecule is CC[N+](CC)(CCBr)CCCN=C=S.O=S(=O)([O-])C(F)(F)F. The van der Waals surface area contributed by atoms with Crippen molar-refractivity contribution >= 4 is 43.4 Å². The monoisotopic (exact) mass is 428 g/mol. The molecule has 0 atom stereocenters. The van der Waals surface area contributed by atoms with Gasteiger partial charge in [-0.25, -0.2) is 13.4 Å². The lowest BCUT2D eigenvalue weighted by atomic mass is 10.3. The van der Waals surface area contributed by atoms with Gasteiger partial charge in [0.05, 0.1) is 43.2 Å². The summed E-state index contributed by atoms with van der Waals surface area (Å²) >= 11 is 8.06. The Labute approximate surface area is 143 Å². The number of hydrogen-bond donors (Lipinski definition) is 0. The molecule has 0 aromatic rings. The highest BCUT2D eigenvalue weighted by Gasteiger charge is 2.36. The van der Waals surface area contributed by atoms with Crippen molar-refractivity contribution in [3.63, 3.8) is 0 Å². The molecule has 5 nitrogen and oxygen atoms in total. The fourth-order valence-electron chi connectivity index (χ4n) is 1.68. The number of halogens is 4. The van der Waals surface area contributed by atoms with Crippen LogP contribution in [-0.2, 0) is 10.1 Å². The molecule has 0 fully saturated rings. The number of hydrogen-bond acceptors (Lipinski definition) is 5. The summed E-state index contributed by atoms with van der Waals surface area (Å²) in [5.41, 5.74) is -5.65. The van der Waals surface area contributed by atoms with Crippen LogP contribution in [-0.4, -0.2) is 66.2 Å². The predicted molar refractivity (Wildman–Crippen MR) is 85.1 cm³/mol. The van der Waals surface area contributed by atoms with Crippen LogP contribution >= 0.6 is 28.1 Å².